The molecule has 0 fully saturated rings. The molecule has 1 aromatic heterocycles. The van der Waals surface area contributed by atoms with Crippen LogP contribution in [0.1, 0.15) is 22.4 Å². The topological polar surface area (TPSA) is 0 Å². The van der Waals surface area contributed by atoms with Gasteiger partial charge in [0.25, 0.3) is 0 Å². The summed E-state index contributed by atoms with van der Waals surface area (Å²) in [6.07, 6.45) is 3.66. The van der Waals surface area contributed by atoms with Crippen LogP contribution in [0, 0.1) is 12.8 Å². The van der Waals surface area contributed by atoms with Gasteiger partial charge in [-0.3, -0.25) is 0 Å². The summed E-state index contributed by atoms with van der Waals surface area (Å²) in [4.78, 5) is 1.51. The summed E-state index contributed by atoms with van der Waals surface area (Å²) in [5.74, 6) is 0.730. The molecule has 0 aliphatic rings. The Morgan fingerprint density at radius 3 is 2.67 bits per heavy atom. The molecule has 2 heteroatoms. The van der Waals surface area contributed by atoms with E-state index in [9.17, 15) is 0 Å². The number of aryl methyl sites for hydroxylation is 2. The van der Waals surface area contributed by atoms with E-state index in [1.54, 1.807) is 0 Å². The number of alkyl halides is 1. The Morgan fingerprint density at radius 2 is 2.00 bits per heavy atom. The molecule has 0 saturated carbocycles. The highest BCUT2D eigenvalue weighted by Gasteiger charge is 2.10. The Balaban J connectivity index is 1.91. The van der Waals surface area contributed by atoms with E-state index in [1.165, 1.54) is 35.3 Å². The Hall–Kier alpha value is -0.600. The van der Waals surface area contributed by atoms with E-state index in [-0.39, 0.29) is 0 Å². The van der Waals surface area contributed by atoms with E-state index in [0.29, 0.717) is 0 Å². The SMILES string of the molecule is Cc1ccccc1CC(CBr)CCc1cccs1. The molecule has 96 valence electrons. The second-order valence-electron chi connectivity index (χ2n) is 4.77. The third kappa shape index (κ3) is 3.96. The predicted octanol–water partition coefficient (Wildman–Crippen LogP) is 5.24. The summed E-state index contributed by atoms with van der Waals surface area (Å²) < 4.78 is 0. The van der Waals surface area contributed by atoms with Crippen LogP contribution in [0.4, 0.5) is 0 Å². The molecule has 0 nitrogen and oxygen atoms in total. The highest BCUT2D eigenvalue weighted by molar-refractivity contribution is 9.09. The first-order chi connectivity index (χ1) is 8.79. The van der Waals surface area contributed by atoms with Crippen LogP contribution < -0.4 is 0 Å². The Kier molecular flexibility index (Phi) is 5.45. The molecule has 1 unspecified atom stereocenters. The zero-order chi connectivity index (χ0) is 12.8. The number of rotatable bonds is 6. The van der Waals surface area contributed by atoms with Gasteiger partial charge in [-0.15, -0.1) is 11.3 Å². The van der Waals surface area contributed by atoms with Crippen molar-refractivity contribution in [1.82, 2.24) is 0 Å². The van der Waals surface area contributed by atoms with E-state index in [4.69, 9.17) is 0 Å². The van der Waals surface area contributed by atoms with Gasteiger partial charge in [0.1, 0.15) is 0 Å². The van der Waals surface area contributed by atoms with E-state index in [0.717, 1.165) is 11.2 Å². The van der Waals surface area contributed by atoms with Crippen LogP contribution in [0.25, 0.3) is 0 Å². The zero-order valence-corrected chi connectivity index (χ0v) is 13.1. The first-order valence-electron chi connectivity index (χ1n) is 6.42. The van der Waals surface area contributed by atoms with Gasteiger partial charge in [-0.05, 0) is 54.7 Å². The zero-order valence-electron chi connectivity index (χ0n) is 10.7. The predicted molar refractivity (Wildman–Crippen MR) is 84.8 cm³/mol. The number of benzene rings is 1. The molecule has 2 rings (SSSR count). The molecule has 0 amide bonds. The van der Waals surface area contributed by atoms with Crippen LogP contribution >= 0.6 is 27.3 Å². The van der Waals surface area contributed by atoms with Crippen LogP contribution in [-0.2, 0) is 12.8 Å². The fraction of sp³-hybridized carbons (Fsp3) is 0.375. The Bertz CT molecular complexity index is 462. The summed E-state index contributed by atoms with van der Waals surface area (Å²) in [5, 5.41) is 3.26. The van der Waals surface area contributed by atoms with Crippen molar-refractivity contribution in [3.8, 4) is 0 Å². The summed E-state index contributed by atoms with van der Waals surface area (Å²) in [6.45, 7) is 2.21. The van der Waals surface area contributed by atoms with Gasteiger partial charge in [0.2, 0.25) is 0 Å². The lowest BCUT2D eigenvalue weighted by atomic mass is 9.94. The maximum atomic E-state index is 3.67. The van der Waals surface area contributed by atoms with Crippen molar-refractivity contribution in [3.63, 3.8) is 0 Å². The quantitative estimate of drug-likeness (QED) is 0.638. The molecule has 0 aliphatic carbocycles. The van der Waals surface area contributed by atoms with Gasteiger partial charge < -0.3 is 0 Å². The van der Waals surface area contributed by atoms with Crippen LogP contribution in [0.5, 0.6) is 0 Å². The van der Waals surface area contributed by atoms with Gasteiger partial charge in [-0.25, -0.2) is 0 Å². The highest BCUT2D eigenvalue weighted by Crippen LogP contribution is 2.21. The normalized spacial score (nSPS) is 12.6. The second-order valence-corrected chi connectivity index (χ2v) is 6.45. The number of hydrogen-bond donors (Lipinski definition) is 0. The number of thiophene rings is 1. The van der Waals surface area contributed by atoms with Gasteiger partial charge in [0.15, 0.2) is 0 Å². The molecule has 1 aromatic carbocycles. The lowest BCUT2D eigenvalue weighted by molar-refractivity contribution is 0.544. The van der Waals surface area contributed by atoms with Crippen molar-refractivity contribution in [2.75, 3.05) is 5.33 Å². The van der Waals surface area contributed by atoms with Gasteiger partial charge in [0, 0.05) is 10.2 Å². The first-order valence-corrected chi connectivity index (χ1v) is 8.42. The third-order valence-electron chi connectivity index (χ3n) is 3.37. The summed E-state index contributed by atoms with van der Waals surface area (Å²) in [5.41, 5.74) is 2.91. The maximum Gasteiger partial charge on any atom is 0.00629 e. The standard InChI is InChI=1S/C16H19BrS/c1-13-5-2-3-6-15(13)11-14(12-17)8-9-16-7-4-10-18-16/h2-7,10,14H,8-9,11-12H2,1H3. The van der Waals surface area contributed by atoms with Gasteiger partial charge >= 0.3 is 0 Å². The maximum absolute atomic E-state index is 3.67. The fourth-order valence-electron chi connectivity index (χ4n) is 2.19. The van der Waals surface area contributed by atoms with E-state index in [2.05, 4.69) is 64.6 Å². The van der Waals surface area contributed by atoms with Crippen LogP contribution in [0.3, 0.4) is 0 Å². The van der Waals surface area contributed by atoms with Crippen molar-refractivity contribution in [1.29, 1.82) is 0 Å². The monoisotopic (exact) mass is 322 g/mol. The molecule has 1 heterocycles. The van der Waals surface area contributed by atoms with Crippen LogP contribution in [0.15, 0.2) is 41.8 Å². The lowest BCUT2D eigenvalue weighted by Crippen LogP contribution is -2.08. The fourth-order valence-corrected chi connectivity index (χ4v) is 3.46. The van der Waals surface area contributed by atoms with Crippen molar-refractivity contribution in [2.45, 2.75) is 26.2 Å². The molecular formula is C16H19BrS. The Morgan fingerprint density at radius 1 is 1.17 bits per heavy atom. The van der Waals surface area contributed by atoms with Crippen molar-refractivity contribution >= 4 is 27.3 Å². The second kappa shape index (κ2) is 7.10. The van der Waals surface area contributed by atoms with Crippen LogP contribution in [0.2, 0.25) is 0 Å². The highest BCUT2D eigenvalue weighted by atomic mass is 79.9. The number of hydrogen-bond acceptors (Lipinski definition) is 1. The summed E-state index contributed by atoms with van der Waals surface area (Å²) in [7, 11) is 0. The first kappa shape index (κ1) is 13.8. The molecule has 0 bridgehead atoms. The lowest BCUT2D eigenvalue weighted by Gasteiger charge is -2.15. The molecule has 0 spiro atoms. The van der Waals surface area contributed by atoms with Crippen molar-refractivity contribution in [2.24, 2.45) is 5.92 Å². The molecule has 0 N–H and O–H groups in total. The Labute approximate surface area is 122 Å². The summed E-state index contributed by atoms with van der Waals surface area (Å²) in [6, 6.07) is 13.1. The minimum atomic E-state index is 0.730. The molecule has 0 aliphatic heterocycles. The van der Waals surface area contributed by atoms with Gasteiger partial charge in [-0.1, -0.05) is 46.3 Å². The van der Waals surface area contributed by atoms with Crippen molar-refractivity contribution in [3.05, 3.63) is 57.8 Å². The van der Waals surface area contributed by atoms with E-state index < -0.39 is 0 Å². The molecule has 1 atom stereocenters. The van der Waals surface area contributed by atoms with Crippen LogP contribution in [-0.4, -0.2) is 5.33 Å². The molecule has 2 aromatic rings. The van der Waals surface area contributed by atoms with E-state index in [1.807, 2.05) is 11.3 Å². The average Bonchev–Trinajstić information content (AvgIpc) is 2.90. The van der Waals surface area contributed by atoms with Gasteiger partial charge in [0.05, 0.1) is 0 Å². The van der Waals surface area contributed by atoms with E-state index >= 15 is 0 Å². The average molecular weight is 323 g/mol. The largest absolute Gasteiger partial charge is 0.149 e. The minimum absolute atomic E-state index is 0.730. The van der Waals surface area contributed by atoms with Gasteiger partial charge in [-0.2, -0.15) is 0 Å². The molecule has 18 heavy (non-hydrogen) atoms. The van der Waals surface area contributed by atoms with Crippen molar-refractivity contribution < 1.29 is 0 Å². The molecule has 0 radical (unpaired) electrons. The minimum Gasteiger partial charge on any atom is -0.149 e. The number of halogens is 1. The smallest absolute Gasteiger partial charge is 0.00629 e. The third-order valence-corrected chi connectivity index (χ3v) is 5.22. The summed E-state index contributed by atoms with van der Waals surface area (Å²) >= 11 is 5.54. The molecule has 0 saturated heterocycles. The molecular weight excluding hydrogens is 304 g/mol.